The van der Waals surface area contributed by atoms with E-state index in [0.717, 1.165) is 111 Å². The van der Waals surface area contributed by atoms with E-state index in [2.05, 4.69) is 72.0 Å². The summed E-state index contributed by atoms with van der Waals surface area (Å²) in [4.78, 5) is 0. The average molecular weight is 693 g/mol. The smallest absolute Gasteiger partial charge is 0.337 e. The van der Waals surface area contributed by atoms with Gasteiger partial charge < -0.3 is 20.8 Å². The van der Waals surface area contributed by atoms with Gasteiger partial charge in [-0.15, -0.1) is 0 Å². The van der Waals surface area contributed by atoms with Crippen LogP contribution in [0.15, 0.2) is 0 Å². The van der Waals surface area contributed by atoms with Crippen LogP contribution in [0.5, 0.6) is 0 Å². The first kappa shape index (κ1) is 37.3. The monoisotopic (exact) mass is 692 g/mol. The molecular formula is C44H44N4O4. The van der Waals surface area contributed by atoms with Gasteiger partial charge in [-0.2, -0.15) is 0 Å². The highest BCUT2D eigenvalue weighted by Gasteiger charge is 2.29. The predicted molar refractivity (Wildman–Crippen MR) is 213 cm³/mol. The van der Waals surface area contributed by atoms with Gasteiger partial charge in [0.05, 0.1) is 0 Å². The summed E-state index contributed by atoms with van der Waals surface area (Å²) < 4.78 is 0. The summed E-state index contributed by atoms with van der Waals surface area (Å²) in [5.41, 5.74) is 22.8. The van der Waals surface area contributed by atoms with Crippen molar-refractivity contribution in [1.82, 2.24) is 0 Å². The van der Waals surface area contributed by atoms with Gasteiger partial charge in [0.25, 0.3) is 0 Å². The lowest BCUT2D eigenvalue weighted by Crippen LogP contribution is -2.15. The fourth-order valence-electron chi connectivity index (χ4n) is 8.99. The van der Waals surface area contributed by atoms with Gasteiger partial charge in [0, 0.05) is 20.0 Å². The first-order valence-electron chi connectivity index (χ1n) is 17.5. The fraction of sp³-hybridized carbons (Fsp3) is 0.364. The summed E-state index contributed by atoms with van der Waals surface area (Å²) in [6.07, 6.45) is 2.09. The molecule has 0 aliphatic heterocycles. The maximum atomic E-state index is 11.8. The van der Waals surface area contributed by atoms with Crippen molar-refractivity contribution in [3.05, 3.63) is 174 Å². The zero-order valence-corrected chi connectivity index (χ0v) is 32.3. The molecule has 0 heterocycles. The van der Waals surface area contributed by atoms with E-state index in [-0.39, 0.29) is 0 Å². The Labute approximate surface area is 306 Å². The van der Waals surface area contributed by atoms with E-state index in [1.54, 1.807) is 0 Å². The minimum atomic E-state index is 0.523. The van der Waals surface area contributed by atoms with E-state index in [1.807, 2.05) is 55.4 Å². The molecule has 0 atom stereocenters. The molecule has 0 saturated heterocycles. The van der Waals surface area contributed by atoms with Crippen LogP contribution < -0.4 is 0 Å². The third-order valence-corrected chi connectivity index (χ3v) is 12.3. The van der Waals surface area contributed by atoms with Crippen molar-refractivity contribution in [3.8, 4) is 24.3 Å². The van der Waals surface area contributed by atoms with Crippen molar-refractivity contribution in [2.45, 2.75) is 109 Å². The normalized spacial score (nSPS) is 11.6. The lowest BCUT2D eigenvalue weighted by atomic mass is 9.76. The Balaban J connectivity index is 2.06. The van der Waals surface area contributed by atoms with E-state index < -0.39 is 0 Å². The van der Waals surface area contributed by atoms with Gasteiger partial charge >= 0.3 is 24.3 Å². The van der Waals surface area contributed by atoms with E-state index >= 15 is 0 Å². The lowest BCUT2D eigenvalue weighted by molar-refractivity contribution is 0.964. The Morgan fingerprint density at radius 1 is 0.269 bits per heavy atom. The second-order valence-corrected chi connectivity index (χ2v) is 14.3. The summed E-state index contributed by atoms with van der Waals surface area (Å²) in [5, 5.41) is 59.5. The molecule has 0 N–H and O–H groups in total. The first-order valence-corrected chi connectivity index (χ1v) is 17.5. The quantitative estimate of drug-likeness (QED) is 0.150. The number of fused-ring (bicyclic) bond motifs is 8. The molecule has 0 unspecified atom stereocenters. The van der Waals surface area contributed by atoms with Crippen LogP contribution >= 0.6 is 0 Å². The number of benzene rings is 4. The zero-order valence-electron chi connectivity index (χ0n) is 32.3. The summed E-state index contributed by atoms with van der Waals surface area (Å²) in [6.45, 7) is 24.5. The van der Waals surface area contributed by atoms with Crippen LogP contribution in [0.2, 0.25) is 0 Å². The fourth-order valence-corrected chi connectivity index (χ4v) is 8.99. The van der Waals surface area contributed by atoms with E-state index in [9.17, 15) is 20.8 Å². The van der Waals surface area contributed by atoms with Crippen LogP contribution in [0.1, 0.15) is 134 Å². The van der Waals surface area contributed by atoms with Gasteiger partial charge in [-0.05, 0) is 220 Å². The standard InChI is InChI=1S/C44H44N4O4/c1-21-33-13-35-22(2)37(29(9)42(18-46-50)27(35)7)15-39-24(4)40(32(12)44(20-48-52)31(39)11)16-38-23(3)36(28(8)43(19-47-51)30(38)10)14-34(21)26(6)41(17-45-49)25(33)5/h13-16H2,1-12H3. The highest BCUT2D eigenvalue weighted by Crippen LogP contribution is 2.40. The van der Waals surface area contributed by atoms with Crippen molar-refractivity contribution in [1.29, 1.82) is 0 Å². The van der Waals surface area contributed by atoms with Crippen molar-refractivity contribution in [2.24, 2.45) is 0 Å². The molecule has 0 fully saturated rings. The van der Waals surface area contributed by atoms with Crippen molar-refractivity contribution in [3.63, 3.8) is 0 Å². The van der Waals surface area contributed by atoms with E-state index in [4.69, 9.17) is 0 Å². The Morgan fingerprint density at radius 2 is 0.404 bits per heavy atom. The molecule has 4 aromatic rings. The third-order valence-electron chi connectivity index (χ3n) is 12.3. The Morgan fingerprint density at radius 3 is 0.519 bits per heavy atom. The molecule has 8 nitrogen and oxygen atoms in total. The third kappa shape index (κ3) is 5.86. The molecule has 264 valence electrons. The Bertz CT molecular complexity index is 2030. The molecule has 52 heavy (non-hydrogen) atoms. The van der Waals surface area contributed by atoms with Crippen LogP contribution in [0.3, 0.4) is 0 Å². The molecule has 8 bridgehead atoms. The minimum Gasteiger partial charge on any atom is -0.498 e. The van der Waals surface area contributed by atoms with Crippen LogP contribution in [0, 0.1) is 128 Å². The summed E-state index contributed by atoms with van der Waals surface area (Å²) in [7, 11) is 0. The zero-order chi connectivity index (χ0) is 38.3. The molecule has 8 heteroatoms. The number of nitrogens with zero attached hydrogens (tertiary/aromatic N) is 4. The highest BCUT2D eigenvalue weighted by molar-refractivity contribution is 5.66. The van der Waals surface area contributed by atoms with Crippen molar-refractivity contribution < 1.29 is 0 Å². The molecule has 4 aromatic carbocycles. The molecule has 1 aliphatic rings. The molecular weight excluding hydrogens is 649 g/mol. The molecule has 0 amide bonds. The predicted octanol–water partition coefficient (Wildman–Crippen LogP) is 10.8. The maximum Gasteiger partial charge on any atom is 0.337 e. The summed E-state index contributed by atoms with van der Waals surface area (Å²) >= 11 is 0. The Kier molecular flexibility index (Phi) is 10.3. The first-order chi connectivity index (χ1) is 24.7. The molecule has 5 rings (SSSR count). The largest absolute Gasteiger partial charge is 0.498 e. The number of hydrogen-bond donors (Lipinski definition) is 0. The minimum absolute atomic E-state index is 0.523. The van der Waals surface area contributed by atoms with Gasteiger partial charge in [-0.25, -0.2) is 0 Å². The number of rotatable bonds is 0. The van der Waals surface area contributed by atoms with Crippen LogP contribution in [-0.2, 0) is 25.7 Å². The van der Waals surface area contributed by atoms with Gasteiger partial charge in [0.2, 0.25) is 0 Å². The van der Waals surface area contributed by atoms with E-state index in [0.29, 0.717) is 47.9 Å². The molecule has 0 radical (unpaired) electrons. The second-order valence-electron chi connectivity index (χ2n) is 14.3. The molecule has 0 saturated carbocycles. The molecule has 0 aromatic heterocycles. The van der Waals surface area contributed by atoms with Gasteiger partial charge in [0.15, 0.2) is 0 Å². The van der Waals surface area contributed by atoms with Crippen LogP contribution in [0.4, 0.5) is 0 Å². The Hall–Kier alpha value is -5.96. The maximum absolute atomic E-state index is 11.8. The van der Waals surface area contributed by atoms with Gasteiger partial charge in [0.1, 0.15) is 22.3 Å². The topological polar surface area (TPSA) is 110 Å². The summed E-state index contributed by atoms with van der Waals surface area (Å²) in [6, 6.07) is 11.0. The van der Waals surface area contributed by atoms with Gasteiger partial charge in [-0.3, -0.25) is 0 Å². The van der Waals surface area contributed by atoms with Gasteiger partial charge in [-0.1, -0.05) is 0 Å². The number of hydrogen-bond acceptors (Lipinski definition) is 4. The highest BCUT2D eigenvalue weighted by atomic mass is 16.4. The lowest BCUT2D eigenvalue weighted by Gasteiger charge is -2.27. The van der Waals surface area contributed by atoms with Crippen LogP contribution in [0.25, 0.3) is 20.0 Å². The molecule has 1 aliphatic carbocycles. The van der Waals surface area contributed by atoms with E-state index in [1.165, 1.54) is 0 Å². The second kappa shape index (κ2) is 14.3. The average Bonchev–Trinajstić information content (AvgIpc) is 3.10. The SMILES string of the molecule is Cc1c(C#[N+][O-])c(C)c2c(C)c1Cc1c(C)c(C#[N+][O-])c(C)c(c1C)Cc1c(C)c(C#[N+][O-])c(C)c(c1C)Cc1c(C)c(C#[N+][O-])c(C)c(c1C)C2. The van der Waals surface area contributed by atoms with Crippen LogP contribution in [-0.4, -0.2) is 0 Å². The summed E-state index contributed by atoms with van der Waals surface area (Å²) in [5.74, 6) is 0. The van der Waals surface area contributed by atoms with Crippen molar-refractivity contribution in [2.75, 3.05) is 0 Å². The van der Waals surface area contributed by atoms with Crippen molar-refractivity contribution >= 4 is 0 Å². The molecule has 0 spiro atoms.